The Balaban J connectivity index is 1.57. The molecule has 0 bridgehead atoms. The number of methoxy groups -OCH3 is 3. The minimum atomic E-state index is -3.70. The molecule has 0 radical (unpaired) electrons. The third-order valence-corrected chi connectivity index (χ3v) is 9.81. The molecule has 0 aromatic heterocycles. The van der Waals surface area contributed by atoms with E-state index in [1.54, 1.807) is 27.4 Å². The van der Waals surface area contributed by atoms with Gasteiger partial charge in [0, 0.05) is 6.42 Å². The van der Waals surface area contributed by atoms with Crippen LogP contribution < -0.4 is 23.7 Å². The van der Waals surface area contributed by atoms with Gasteiger partial charge in [0.15, 0.2) is 32.8 Å². The number of hydroxylamine groups is 2. The maximum atomic E-state index is 13.6. The monoisotopic (exact) mass is 685 g/mol. The molecule has 0 N–H and O–H groups in total. The average molecular weight is 686 g/mol. The van der Waals surface area contributed by atoms with Crippen molar-refractivity contribution in [2.45, 2.75) is 69.7 Å². The van der Waals surface area contributed by atoms with Gasteiger partial charge in [0.1, 0.15) is 11.5 Å². The van der Waals surface area contributed by atoms with E-state index in [-0.39, 0.29) is 42.3 Å². The Bertz CT molecular complexity index is 1560. The topological polar surface area (TPSA) is 119 Å². The van der Waals surface area contributed by atoms with E-state index in [0.29, 0.717) is 73.7 Å². The van der Waals surface area contributed by atoms with Crippen LogP contribution in [0.25, 0.3) is 0 Å². The van der Waals surface area contributed by atoms with Crippen LogP contribution >= 0.6 is 0 Å². The molecule has 1 fully saturated rings. The molecule has 1 amide bonds. The highest BCUT2D eigenvalue weighted by atomic mass is 32.2. The molecule has 12 heteroatoms. The highest BCUT2D eigenvalue weighted by molar-refractivity contribution is 7.91. The Labute approximate surface area is 283 Å². The summed E-state index contributed by atoms with van der Waals surface area (Å²) in [6.45, 7) is 4.83. The van der Waals surface area contributed by atoms with Crippen LogP contribution in [-0.2, 0) is 30.8 Å². The lowest BCUT2D eigenvalue weighted by Crippen LogP contribution is -2.24. The van der Waals surface area contributed by atoms with E-state index in [2.05, 4.69) is 0 Å². The maximum Gasteiger partial charge on any atom is 0.233 e. The summed E-state index contributed by atoms with van der Waals surface area (Å²) in [6, 6.07) is 16.8. The predicted molar refractivity (Wildman–Crippen MR) is 181 cm³/mol. The number of ether oxygens (including phenoxy) is 6. The van der Waals surface area contributed by atoms with Gasteiger partial charge in [-0.05, 0) is 66.6 Å². The molecule has 11 nitrogen and oxygen atoms in total. The number of benzene rings is 3. The van der Waals surface area contributed by atoms with Gasteiger partial charge in [0.2, 0.25) is 12.2 Å². The van der Waals surface area contributed by atoms with Crippen LogP contribution in [0.1, 0.15) is 74.8 Å². The third kappa shape index (κ3) is 9.33. The fraction of sp³-hybridized carbons (Fsp3) is 0.472. The summed E-state index contributed by atoms with van der Waals surface area (Å²) in [5.74, 6) is 2.02. The molecule has 2 atom stereocenters. The Morgan fingerprint density at radius 3 is 2.04 bits per heavy atom. The van der Waals surface area contributed by atoms with Crippen LogP contribution in [0, 0.1) is 0 Å². The van der Waals surface area contributed by atoms with Gasteiger partial charge in [-0.15, -0.1) is 0 Å². The molecule has 2 unspecified atom stereocenters. The van der Waals surface area contributed by atoms with E-state index < -0.39 is 15.9 Å². The molecular formula is C36H47NO10S. The van der Waals surface area contributed by atoms with Crippen molar-refractivity contribution in [3.63, 3.8) is 0 Å². The van der Waals surface area contributed by atoms with Crippen LogP contribution in [0.4, 0.5) is 0 Å². The van der Waals surface area contributed by atoms with E-state index >= 15 is 0 Å². The van der Waals surface area contributed by atoms with Crippen LogP contribution in [-0.4, -0.2) is 66.7 Å². The Hall–Kier alpha value is -4.00. The second-order valence-corrected chi connectivity index (χ2v) is 13.4. The van der Waals surface area contributed by atoms with E-state index in [0.717, 1.165) is 11.1 Å². The molecule has 1 aliphatic rings. The predicted octanol–water partition coefficient (Wildman–Crippen LogP) is 6.64. The lowest BCUT2D eigenvalue weighted by molar-refractivity contribution is -0.177. The zero-order valence-corrected chi connectivity index (χ0v) is 29.3. The molecule has 1 heterocycles. The summed E-state index contributed by atoms with van der Waals surface area (Å²) in [7, 11) is 0.983. The summed E-state index contributed by atoms with van der Waals surface area (Å²) in [5.41, 5.74) is 2.48. The van der Waals surface area contributed by atoms with Gasteiger partial charge in [-0.1, -0.05) is 44.2 Å². The summed E-state index contributed by atoms with van der Waals surface area (Å²) in [4.78, 5) is 17.4. The number of nitrogens with zero attached hydrogens (tertiary/aromatic N) is 1. The van der Waals surface area contributed by atoms with Crippen molar-refractivity contribution in [3.05, 3.63) is 71.3 Å². The smallest absolute Gasteiger partial charge is 0.233 e. The molecule has 1 aliphatic heterocycles. The minimum Gasteiger partial charge on any atom is -0.493 e. The molecule has 0 aliphatic carbocycles. The molecular weight excluding hydrogens is 638 g/mol. The first-order valence-corrected chi connectivity index (χ1v) is 17.9. The van der Waals surface area contributed by atoms with E-state index in [1.807, 2.05) is 62.4 Å². The molecule has 4 rings (SSSR count). The molecule has 0 spiro atoms. The largest absolute Gasteiger partial charge is 0.493 e. The summed E-state index contributed by atoms with van der Waals surface area (Å²) in [5, 5.41) is 1.23. The Morgan fingerprint density at radius 1 is 0.812 bits per heavy atom. The van der Waals surface area contributed by atoms with Gasteiger partial charge in [-0.3, -0.25) is 9.63 Å². The number of carbonyl (C=O) groups is 1. The van der Waals surface area contributed by atoms with Gasteiger partial charge >= 0.3 is 0 Å². The molecule has 3 aromatic carbocycles. The fourth-order valence-electron chi connectivity index (χ4n) is 5.54. The lowest BCUT2D eigenvalue weighted by atomic mass is 10.0. The minimum absolute atomic E-state index is 0.0367. The zero-order chi connectivity index (χ0) is 34.5. The van der Waals surface area contributed by atoms with Crippen molar-refractivity contribution < 1.29 is 46.5 Å². The quantitative estimate of drug-likeness (QED) is 0.0728. The first-order chi connectivity index (χ1) is 23.3. The second kappa shape index (κ2) is 18.0. The Kier molecular flexibility index (Phi) is 13.8. The van der Waals surface area contributed by atoms with Gasteiger partial charge in [-0.2, -0.15) is 0 Å². The zero-order valence-electron chi connectivity index (χ0n) is 28.4. The van der Waals surface area contributed by atoms with Crippen LogP contribution in [0.3, 0.4) is 0 Å². The van der Waals surface area contributed by atoms with E-state index in [1.165, 1.54) is 5.06 Å². The van der Waals surface area contributed by atoms with Crippen LogP contribution in [0.15, 0.2) is 59.5 Å². The number of rotatable bonds is 20. The highest BCUT2D eigenvalue weighted by Gasteiger charge is 2.33. The molecule has 262 valence electrons. The first kappa shape index (κ1) is 36.8. The van der Waals surface area contributed by atoms with Crippen molar-refractivity contribution in [1.29, 1.82) is 0 Å². The summed E-state index contributed by atoms with van der Waals surface area (Å²) < 4.78 is 62.5. The normalized spacial score (nSPS) is 15.9. The average Bonchev–Trinajstić information content (AvgIpc) is 3.60. The fourth-order valence-corrected chi connectivity index (χ4v) is 7.06. The number of carbonyl (C=O) groups excluding carboxylic acids is 1. The molecule has 1 saturated heterocycles. The van der Waals surface area contributed by atoms with Gasteiger partial charge in [0.05, 0.1) is 59.0 Å². The van der Waals surface area contributed by atoms with Crippen molar-refractivity contribution in [1.82, 2.24) is 5.06 Å². The van der Waals surface area contributed by atoms with Gasteiger partial charge < -0.3 is 28.4 Å². The Morgan fingerprint density at radius 2 is 1.46 bits per heavy atom. The molecule has 0 saturated carbocycles. The summed E-state index contributed by atoms with van der Waals surface area (Å²) >= 11 is 0. The third-order valence-electron chi connectivity index (χ3n) is 7.89. The van der Waals surface area contributed by atoms with Crippen molar-refractivity contribution in [3.8, 4) is 28.7 Å². The summed E-state index contributed by atoms with van der Waals surface area (Å²) in [6.07, 6.45) is 2.86. The molecule has 48 heavy (non-hydrogen) atoms. The van der Waals surface area contributed by atoms with Crippen molar-refractivity contribution in [2.75, 3.05) is 46.8 Å². The molecule has 3 aromatic rings. The number of hydrogen-bond acceptors (Lipinski definition) is 10. The van der Waals surface area contributed by atoms with Gasteiger partial charge in [0.25, 0.3) is 0 Å². The second-order valence-electron chi connectivity index (χ2n) is 11.4. The number of amides is 1. The first-order valence-electron chi connectivity index (χ1n) is 16.3. The van der Waals surface area contributed by atoms with Crippen molar-refractivity contribution in [2.24, 2.45) is 0 Å². The SMILES string of the molecule is CCCOc1c(OCCCN(C=O)OCc2ccccc2)cc(C2CCC(c3cc(OC)c(OC)c(OC)c3)O2)cc1S(=O)(=O)CCC. The maximum absolute atomic E-state index is 13.6. The van der Waals surface area contributed by atoms with E-state index in [9.17, 15) is 13.2 Å². The van der Waals surface area contributed by atoms with Gasteiger partial charge in [-0.25, -0.2) is 13.5 Å². The van der Waals surface area contributed by atoms with E-state index in [4.69, 9.17) is 33.3 Å². The highest BCUT2D eigenvalue weighted by Crippen LogP contribution is 2.48. The van der Waals surface area contributed by atoms with Crippen molar-refractivity contribution >= 4 is 16.2 Å². The number of sulfone groups is 1. The number of hydrogen-bond donors (Lipinski definition) is 0. The lowest BCUT2D eigenvalue weighted by Gasteiger charge is -2.22. The standard InChI is InChI=1S/C36H47NO10S/c1-6-17-45-36-33(44-18-11-16-37(25-38)46-24-26-12-9-8-10-13-26)22-28(23-34(36)48(39,40)19-7-2)30-15-14-29(47-30)27-20-31(41-3)35(43-5)32(21-27)42-4/h8-10,12-13,20-23,25,29-30H,6-7,11,14-19,24H2,1-5H3. The van der Waals surface area contributed by atoms with Crippen LogP contribution in [0.2, 0.25) is 0 Å². The van der Waals surface area contributed by atoms with Crippen LogP contribution in [0.5, 0.6) is 28.7 Å².